The van der Waals surface area contributed by atoms with Gasteiger partial charge >= 0.3 is 0 Å². The van der Waals surface area contributed by atoms with E-state index in [-0.39, 0.29) is 11.9 Å². The highest BCUT2D eigenvalue weighted by molar-refractivity contribution is 5.76. The van der Waals surface area contributed by atoms with Crippen molar-refractivity contribution >= 4 is 5.78 Å². The highest BCUT2D eigenvalue weighted by atomic mass is 16.5. The Hall–Kier alpha value is -1.59. The second-order valence-corrected chi connectivity index (χ2v) is 3.27. The lowest BCUT2D eigenvalue weighted by Crippen LogP contribution is -2.11. The molecule has 0 fully saturated rings. The summed E-state index contributed by atoms with van der Waals surface area (Å²) in [4.78, 5) is 10.9. The topological polar surface area (TPSA) is 26.3 Å². The van der Waals surface area contributed by atoms with Crippen molar-refractivity contribution in [2.24, 2.45) is 0 Å². The van der Waals surface area contributed by atoms with E-state index in [1.807, 2.05) is 30.3 Å². The Kier molecular flexibility index (Phi) is 4.59. The molecule has 1 rings (SSSR count). The number of ketones is 1. The molecular weight excluding hydrogens is 188 g/mol. The van der Waals surface area contributed by atoms with Crippen LogP contribution < -0.4 is 0 Å². The monoisotopic (exact) mass is 202 g/mol. The summed E-state index contributed by atoms with van der Waals surface area (Å²) in [5, 5.41) is 0. The standard InChI is InChI=1S/C13H14O2/c1-11(14)10-13(15-2)9-8-12-6-4-3-5-7-12/h3-7,13H,10H2,1-2H3. The normalized spacial score (nSPS) is 11.3. The summed E-state index contributed by atoms with van der Waals surface area (Å²) in [6.45, 7) is 1.54. The Bertz CT molecular complexity index is 371. The Balaban J connectivity index is 2.66. The lowest BCUT2D eigenvalue weighted by atomic mass is 10.1. The Morgan fingerprint density at radius 2 is 2.07 bits per heavy atom. The lowest BCUT2D eigenvalue weighted by Gasteiger charge is -2.04. The van der Waals surface area contributed by atoms with Crippen molar-refractivity contribution in [2.45, 2.75) is 19.4 Å². The molecule has 0 N–H and O–H groups in total. The maximum absolute atomic E-state index is 10.9. The van der Waals surface area contributed by atoms with Crippen molar-refractivity contribution in [3.05, 3.63) is 35.9 Å². The smallest absolute Gasteiger partial charge is 0.133 e. The first-order chi connectivity index (χ1) is 7.22. The van der Waals surface area contributed by atoms with Gasteiger partial charge in [-0.3, -0.25) is 4.79 Å². The molecule has 78 valence electrons. The van der Waals surface area contributed by atoms with Gasteiger partial charge in [-0.2, -0.15) is 0 Å². The van der Waals surface area contributed by atoms with Crippen LogP contribution in [0.15, 0.2) is 30.3 Å². The van der Waals surface area contributed by atoms with Gasteiger partial charge in [-0.25, -0.2) is 0 Å². The van der Waals surface area contributed by atoms with Crippen LogP contribution in [-0.2, 0) is 9.53 Å². The van der Waals surface area contributed by atoms with E-state index < -0.39 is 0 Å². The molecule has 0 aliphatic rings. The van der Waals surface area contributed by atoms with E-state index in [2.05, 4.69) is 11.8 Å². The fraction of sp³-hybridized carbons (Fsp3) is 0.308. The predicted molar refractivity (Wildman–Crippen MR) is 59.4 cm³/mol. The third kappa shape index (κ3) is 4.44. The minimum Gasteiger partial charge on any atom is -0.368 e. The number of methoxy groups -OCH3 is 1. The summed E-state index contributed by atoms with van der Waals surface area (Å²) in [5.74, 6) is 5.99. The van der Waals surface area contributed by atoms with E-state index in [0.29, 0.717) is 6.42 Å². The molecule has 0 aliphatic carbocycles. The van der Waals surface area contributed by atoms with E-state index in [0.717, 1.165) is 5.56 Å². The molecule has 0 amide bonds. The number of ether oxygens (including phenoxy) is 1. The first kappa shape index (κ1) is 11.5. The molecule has 0 aromatic heterocycles. The number of hydrogen-bond donors (Lipinski definition) is 0. The number of hydrogen-bond acceptors (Lipinski definition) is 2. The number of carbonyl (C=O) groups excluding carboxylic acids is 1. The number of carbonyl (C=O) groups is 1. The first-order valence-corrected chi connectivity index (χ1v) is 4.81. The van der Waals surface area contributed by atoms with Crippen LogP contribution in [0.3, 0.4) is 0 Å². The second-order valence-electron chi connectivity index (χ2n) is 3.27. The summed E-state index contributed by atoms with van der Waals surface area (Å²) in [5.41, 5.74) is 0.933. The van der Waals surface area contributed by atoms with Crippen molar-refractivity contribution in [3.63, 3.8) is 0 Å². The van der Waals surface area contributed by atoms with Crippen LogP contribution in [0.2, 0.25) is 0 Å². The first-order valence-electron chi connectivity index (χ1n) is 4.81. The van der Waals surface area contributed by atoms with Gasteiger partial charge in [0.05, 0.1) is 0 Å². The van der Waals surface area contributed by atoms with Crippen molar-refractivity contribution in [1.29, 1.82) is 0 Å². The van der Waals surface area contributed by atoms with Gasteiger partial charge in [-0.05, 0) is 19.1 Å². The van der Waals surface area contributed by atoms with E-state index in [1.54, 1.807) is 7.11 Å². The molecular formula is C13H14O2. The number of Topliss-reactive ketones (excluding diaryl/α,β-unsaturated/α-hetero) is 1. The van der Waals surface area contributed by atoms with Crippen molar-refractivity contribution in [3.8, 4) is 11.8 Å². The van der Waals surface area contributed by atoms with Crippen LogP contribution in [0, 0.1) is 11.8 Å². The minimum atomic E-state index is -0.303. The van der Waals surface area contributed by atoms with Crippen LogP contribution in [0.1, 0.15) is 18.9 Å². The van der Waals surface area contributed by atoms with Gasteiger partial charge in [0.2, 0.25) is 0 Å². The van der Waals surface area contributed by atoms with Gasteiger partial charge in [0.25, 0.3) is 0 Å². The Morgan fingerprint density at radius 1 is 1.40 bits per heavy atom. The van der Waals surface area contributed by atoms with Gasteiger partial charge in [-0.1, -0.05) is 30.0 Å². The van der Waals surface area contributed by atoms with Gasteiger partial charge in [-0.15, -0.1) is 0 Å². The van der Waals surface area contributed by atoms with E-state index >= 15 is 0 Å². The molecule has 2 nitrogen and oxygen atoms in total. The molecule has 0 spiro atoms. The minimum absolute atomic E-state index is 0.0872. The summed E-state index contributed by atoms with van der Waals surface area (Å²) >= 11 is 0. The van der Waals surface area contributed by atoms with Crippen molar-refractivity contribution in [2.75, 3.05) is 7.11 Å². The van der Waals surface area contributed by atoms with E-state index in [4.69, 9.17) is 4.74 Å². The molecule has 0 radical (unpaired) electrons. The summed E-state index contributed by atoms with van der Waals surface area (Å²) in [6, 6.07) is 9.64. The molecule has 0 aliphatic heterocycles. The average molecular weight is 202 g/mol. The SMILES string of the molecule is COC(C#Cc1ccccc1)CC(C)=O. The zero-order valence-corrected chi connectivity index (χ0v) is 8.99. The third-order valence-electron chi connectivity index (χ3n) is 1.91. The molecule has 15 heavy (non-hydrogen) atoms. The van der Waals surface area contributed by atoms with E-state index in [1.165, 1.54) is 6.92 Å². The summed E-state index contributed by atoms with van der Waals surface area (Å²) in [6.07, 6.45) is 0.0405. The molecule has 1 aromatic rings. The predicted octanol–water partition coefficient (Wildman–Crippen LogP) is 2.03. The highest BCUT2D eigenvalue weighted by Gasteiger charge is 2.05. The average Bonchev–Trinajstić information content (AvgIpc) is 2.25. The fourth-order valence-electron chi connectivity index (χ4n) is 1.14. The van der Waals surface area contributed by atoms with E-state index in [9.17, 15) is 4.79 Å². The maximum atomic E-state index is 10.9. The quantitative estimate of drug-likeness (QED) is 0.701. The highest BCUT2D eigenvalue weighted by Crippen LogP contribution is 1.99. The fourth-order valence-corrected chi connectivity index (χ4v) is 1.14. The summed E-state index contributed by atoms with van der Waals surface area (Å²) < 4.78 is 5.09. The lowest BCUT2D eigenvalue weighted by molar-refractivity contribution is -0.118. The molecule has 0 bridgehead atoms. The molecule has 1 unspecified atom stereocenters. The third-order valence-corrected chi connectivity index (χ3v) is 1.91. The largest absolute Gasteiger partial charge is 0.368 e. The van der Waals surface area contributed by atoms with Crippen LogP contribution >= 0.6 is 0 Å². The summed E-state index contributed by atoms with van der Waals surface area (Å²) in [7, 11) is 1.56. The molecule has 0 saturated carbocycles. The van der Waals surface area contributed by atoms with Gasteiger partial charge < -0.3 is 4.74 Å². The maximum Gasteiger partial charge on any atom is 0.133 e. The second kappa shape index (κ2) is 6.00. The van der Waals surface area contributed by atoms with Crippen LogP contribution in [0.25, 0.3) is 0 Å². The Morgan fingerprint density at radius 3 is 2.60 bits per heavy atom. The zero-order valence-electron chi connectivity index (χ0n) is 8.99. The van der Waals surface area contributed by atoms with Crippen LogP contribution in [0.4, 0.5) is 0 Å². The number of rotatable bonds is 3. The van der Waals surface area contributed by atoms with Gasteiger partial charge in [0.15, 0.2) is 0 Å². The van der Waals surface area contributed by atoms with Gasteiger partial charge in [0.1, 0.15) is 11.9 Å². The number of benzene rings is 1. The van der Waals surface area contributed by atoms with Crippen LogP contribution in [-0.4, -0.2) is 19.0 Å². The molecule has 1 aromatic carbocycles. The molecule has 2 heteroatoms. The Labute approximate surface area is 90.3 Å². The van der Waals surface area contributed by atoms with Crippen molar-refractivity contribution in [1.82, 2.24) is 0 Å². The molecule has 0 heterocycles. The van der Waals surface area contributed by atoms with Gasteiger partial charge in [0, 0.05) is 19.1 Å². The van der Waals surface area contributed by atoms with Crippen molar-refractivity contribution < 1.29 is 9.53 Å². The van der Waals surface area contributed by atoms with Crippen LogP contribution in [0.5, 0.6) is 0 Å². The molecule has 0 saturated heterocycles. The zero-order chi connectivity index (χ0) is 11.1. The molecule has 1 atom stereocenters.